The molecule has 1 atom stereocenters. The van der Waals surface area contributed by atoms with Crippen LogP contribution in [0.15, 0.2) is 48.8 Å². The Morgan fingerprint density at radius 1 is 1.13 bits per heavy atom. The summed E-state index contributed by atoms with van der Waals surface area (Å²) in [6.07, 6.45) is 4.20. The Labute approximate surface area is 175 Å². The van der Waals surface area contributed by atoms with Crippen molar-refractivity contribution in [1.82, 2.24) is 15.3 Å². The van der Waals surface area contributed by atoms with Crippen LogP contribution in [-0.4, -0.2) is 55.3 Å². The van der Waals surface area contributed by atoms with E-state index in [9.17, 15) is 4.79 Å². The molecule has 1 aromatic carbocycles. The average molecular weight is 404 g/mol. The van der Waals surface area contributed by atoms with Gasteiger partial charge in [-0.05, 0) is 42.0 Å². The summed E-state index contributed by atoms with van der Waals surface area (Å²) < 4.78 is 11.6. The number of amides is 1. The molecule has 4 heterocycles. The summed E-state index contributed by atoms with van der Waals surface area (Å²) in [7, 11) is 0. The van der Waals surface area contributed by atoms with Crippen LogP contribution >= 0.6 is 0 Å². The van der Waals surface area contributed by atoms with E-state index in [0.29, 0.717) is 19.6 Å². The van der Waals surface area contributed by atoms with Gasteiger partial charge in [0, 0.05) is 55.3 Å². The van der Waals surface area contributed by atoms with Crippen LogP contribution in [0.4, 0.5) is 5.82 Å². The normalized spacial score (nSPS) is 19.1. The van der Waals surface area contributed by atoms with Gasteiger partial charge >= 0.3 is 0 Å². The third-order valence-corrected chi connectivity index (χ3v) is 5.64. The summed E-state index contributed by atoms with van der Waals surface area (Å²) in [4.78, 5) is 22.9. The molecule has 5 rings (SSSR count). The Balaban J connectivity index is 1.41. The van der Waals surface area contributed by atoms with Crippen LogP contribution in [0.25, 0.3) is 22.0 Å². The highest BCUT2D eigenvalue weighted by Gasteiger charge is 2.22. The van der Waals surface area contributed by atoms with Crippen LogP contribution in [0.1, 0.15) is 6.42 Å². The highest BCUT2D eigenvalue weighted by Crippen LogP contribution is 2.32. The number of carbonyl (C=O) groups is 1. The maximum Gasteiger partial charge on any atom is 0.220 e. The standard InChI is InChI=1S/C23H24N4O3/c28-23-10-16(13-26-23)15-30-21-12-18(11-20-19(21)2-1-5-24-20)17-3-4-22(25-14-17)27-6-8-29-9-7-27/h1-5,11-12,14,16H,6-10,13,15H2,(H,26,28)/t16-/m1/s1. The fourth-order valence-corrected chi connectivity index (χ4v) is 3.96. The molecule has 0 aliphatic carbocycles. The van der Waals surface area contributed by atoms with Gasteiger partial charge in [0.25, 0.3) is 0 Å². The second kappa shape index (κ2) is 8.28. The monoisotopic (exact) mass is 404 g/mol. The lowest BCUT2D eigenvalue weighted by Crippen LogP contribution is -2.36. The van der Waals surface area contributed by atoms with Crippen molar-refractivity contribution in [3.05, 3.63) is 48.8 Å². The lowest BCUT2D eigenvalue weighted by molar-refractivity contribution is -0.119. The average Bonchev–Trinajstić information content (AvgIpc) is 3.23. The topological polar surface area (TPSA) is 76.6 Å². The zero-order valence-electron chi connectivity index (χ0n) is 16.7. The van der Waals surface area contributed by atoms with Gasteiger partial charge in [-0.2, -0.15) is 0 Å². The Morgan fingerprint density at radius 2 is 2.03 bits per heavy atom. The Bertz CT molecular complexity index is 1050. The predicted molar refractivity (Wildman–Crippen MR) is 115 cm³/mol. The van der Waals surface area contributed by atoms with E-state index in [2.05, 4.69) is 38.4 Å². The second-order valence-electron chi connectivity index (χ2n) is 7.73. The Morgan fingerprint density at radius 3 is 2.80 bits per heavy atom. The number of benzene rings is 1. The van der Waals surface area contributed by atoms with Crippen LogP contribution in [0.3, 0.4) is 0 Å². The summed E-state index contributed by atoms with van der Waals surface area (Å²) >= 11 is 0. The Kier molecular flexibility index (Phi) is 5.19. The second-order valence-corrected chi connectivity index (χ2v) is 7.73. The molecule has 0 spiro atoms. The molecule has 2 aliphatic heterocycles. The summed E-state index contributed by atoms with van der Waals surface area (Å²) in [6.45, 7) is 4.37. The number of nitrogens with zero attached hydrogens (tertiary/aromatic N) is 3. The van der Waals surface area contributed by atoms with Crippen molar-refractivity contribution >= 4 is 22.6 Å². The van der Waals surface area contributed by atoms with Gasteiger partial charge in [-0.1, -0.05) is 0 Å². The smallest absolute Gasteiger partial charge is 0.220 e. The first-order valence-corrected chi connectivity index (χ1v) is 10.3. The van der Waals surface area contributed by atoms with Crippen molar-refractivity contribution < 1.29 is 14.3 Å². The van der Waals surface area contributed by atoms with Gasteiger partial charge in [0.05, 0.1) is 25.3 Å². The number of nitrogens with one attached hydrogen (secondary N) is 1. The maximum atomic E-state index is 11.5. The largest absolute Gasteiger partial charge is 0.492 e. The van der Waals surface area contributed by atoms with Gasteiger partial charge in [-0.15, -0.1) is 0 Å². The molecule has 7 heteroatoms. The number of anilines is 1. The third kappa shape index (κ3) is 3.93. The summed E-state index contributed by atoms with van der Waals surface area (Å²) in [5.41, 5.74) is 2.91. The number of rotatable bonds is 5. The molecule has 154 valence electrons. The molecule has 1 amide bonds. The van der Waals surface area contributed by atoms with E-state index in [1.54, 1.807) is 6.20 Å². The van der Waals surface area contributed by atoms with Crippen molar-refractivity contribution in [3.63, 3.8) is 0 Å². The van der Waals surface area contributed by atoms with Crippen LogP contribution in [0.5, 0.6) is 5.75 Å². The van der Waals surface area contributed by atoms with Crippen molar-refractivity contribution in [2.45, 2.75) is 6.42 Å². The minimum absolute atomic E-state index is 0.0929. The van der Waals surface area contributed by atoms with Gasteiger partial charge in [0.1, 0.15) is 11.6 Å². The maximum absolute atomic E-state index is 11.5. The highest BCUT2D eigenvalue weighted by molar-refractivity contribution is 5.90. The molecule has 0 bridgehead atoms. The number of aromatic nitrogens is 2. The van der Waals surface area contributed by atoms with Gasteiger partial charge in [-0.25, -0.2) is 4.98 Å². The fraction of sp³-hybridized carbons (Fsp3) is 0.348. The van der Waals surface area contributed by atoms with Crippen LogP contribution in [0.2, 0.25) is 0 Å². The van der Waals surface area contributed by atoms with Crippen molar-refractivity contribution in [2.75, 3.05) is 44.4 Å². The number of morpholine rings is 1. The van der Waals surface area contributed by atoms with Gasteiger partial charge < -0.3 is 19.7 Å². The lowest BCUT2D eigenvalue weighted by Gasteiger charge is -2.27. The summed E-state index contributed by atoms with van der Waals surface area (Å²) in [6, 6.07) is 12.2. The molecule has 2 aliphatic rings. The van der Waals surface area contributed by atoms with E-state index in [1.165, 1.54) is 0 Å². The van der Waals surface area contributed by atoms with Gasteiger partial charge in [-0.3, -0.25) is 9.78 Å². The van der Waals surface area contributed by atoms with E-state index in [4.69, 9.17) is 9.47 Å². The summed E-state index contributed by atoms with van der Waals surface area (Å²) in [5.74, 6) is 2.04. The van der Waals surface area contributed by atoms with Crippen molar-refractivity contribution in [1.29, 1.82) is 0 Å². The first-order chi connectivity index (χ1) is 14.8. The molecule has 2 aromatic heterocycles. The number of hydrogen-bond donors (Lipinski definition) is 1. The van der Waals surface area contributed by atoms with Gasteiger partial charge in [0.15, 0.2) is 0 Å². The molecule has 7 nitrogen and oxygen atoms in total. The molecule has 0 saturated carbocycles. The minimum atomic E-state index is 0.0929. The molecule has 1 N–H and O–H groups in total. The predicted octanol–water partition coefficient (Wildman–Crippen LogP) is 2.65. The fourth-order valence-electron chi connectivity index (χ4n) is 3.96. The van der Waals surface area contributed by atoms with E-state index in [1.807, 2.05) is 24.4 Å². The van der Waals surface area contributed by atoms with Crippen LogP contribution < -0.4 is 15.0 Å². The molecular weight excluding hydrogens is 380 g/mol. The lowest BCUT2D eigenvalue weighted by atomic mass is 10.0. The van der Waals surface area contributed by atoms with E-state index in [-0.39, 0.29) is 11.8 Å². The minimum Gasteiger partial charge on any atom is -0.492 e. The molecular formula is C23H24N4O3. The van der Waals surface area contributed by atoms with E-state index >= 15 is 0 Å². The molecule has 2 saturated heterocycles. The SMILES string of the molecule is O=C1C[C@@H](COc2cc(-c3ccc(N4CCOCC4)nc3)cc3ncccc23)CN1. The molecule has 30 heavy (non-hydrogen) atoms. The molecule has 0 unspecified atom stereocenters. The van der Waals surface area contributed by atoms with E-state index < -0.39 is 0 Å². The highest BCUT2D eigenvalue weighted by atomic mass is 16.5. The summed E-state index contributed by atoms with van der Waals surface area (Å²) in [5, 5.41) is 3.83. The zero-order valence-corrected chi connectivity index (χ0v) is 16.7. The van der Waals surface area contributed by atoms with E-state index in [0.717, 1.165) is 59.9 Å². The molecule has 0 radical (unpaired) electrons. The first kappa shape index (κ1) is 18.8. The number of hydrogen-bond acceptors (Lipinski definition) is 6. The molecule has 3 aromatic rings. The zero-order chi connectivity index (χ0) is 20.3. The number of ether oxygens (including phenoxy) is 2. The van der Waals surface area contributed by atoms with Crippen LogP contribution in [-0.2, 0) is 9.53 Å². The number of pyridine rings is 2. The van der Waals surface area contributed by atoms with Crippen LogP contribution in [0, 0.1) is 5.92 Å². The van der Waals surface area contributed by atoms with Gasteiger partial charge in [0.2, 0.25) is 5.91 Å². The third-order valence-electron chi connectivity index (χ3n) is 5.64. The number of fused-ring (bicyclic) bond motifs is 1. The quantitative estimate of drug-likeness (QED) is 0.705. The van der Waals surface area contributed by atoms with Crippen molar-refractivity contribution in [3.8, 4) is 16.9 Å². The Hall–Kier alpha value is -3.19. The first-order valence-electron chi connectivity index (χ1n) is 10.3. The molecule has 2 fully saturated rings. The number of carbonyl (C=O) groups excluding carboxylic acids is 1. The van der Waals surface area contributed by atoms with Crippen molar-refractivity contribution in [2.24, 2.45) is 5.92 Å².